The zero-order valence-corrected chi connectivity index (χ0v) is 14.2. The molecule has 0 aliphatic carbocycles. The number of fused-ring (bicyclic) bond motifs is 1. The largest absolute Gasteiger partial charge is 0.509 e. The van der Waals surface area contributed by atoms with Gasteiger partial charge in [-0.25, -0.2) is 14.0 Å². The van der Waals surface area contributed by atoms with Crippen LogP contribution in [0.3, 0.4) is 0 Å². The average molecular weight is 372 g/mol. The van der Waals surface area contributed by atoms with Crippen molar-refractivity contribution in [2.24, 2.45) is 5.41 Å². The van der Waals surface area contributed by atoms with Gasteiger partial charge in [-0.15, -0.1) is 0 Å². The number of H-pyrrole nitrogens is 1. The van der Waals surface area contributed by atoms with Crippen LogP contribution >= 0.6 is 0 Å². The molecule has 1 N–H and O–H groups in total. The van der Waals surface area contributed by atoms with Crippen LogP contribution in [-0.4, -0.2) is 46.3 Å². The molecule has 0 aromatic carbocycles. The number of carbonyl (C=O) groups is 2. The van der Waals surface area contributed by atoms with Crippen LogP contribution in [0.5, 0.6) is 0 Å². The highest BCUT2D eigenvalue weighted by Gasteiger charge is 2.65. The van der Waals surface area contributed by atoms with E-state index in [0.29, 0.717) is 0 Å². The number of aromatic nitrogens is 2. The third-order valence-corrected chi connectivity index (χ3v) is 3.91. The summed E-state index contributed by atoms with van der Waals surface area (Å²) in [5.41, 5.74) is -2.43. The minimum Gasteiger partial charge on any atom is -0.459 e. The summed E-state index contributed by atoms with van der Waals surface area (Å²) in [5, 5.41) is 0. The number of alkyl halides is 1. The van der Waals surface area contributed by atoms with Gasteiger partial charge in [0.15, 0.2) is 18.9 Å². The maximum atomic E-state index is 15.3. The molecule has 11 heteroatoms. The van der Waals surface area contributed by atoms with Gasteiger partial charge in [0.25, 0.3) is 11.4 Å². The molecule has 4 atom stereocenters. The molecule has 0 spiro atoms. The van der Waals surface area contributed by atoms with Crippen molar-refractivity contribution in [2.75, 3.05) is 6.61 Å². The second-order valence-electron chi connectivity index (χ2n) is 7.01. The Morgan fingerprint density at radius 1 is 1.35 bits per heavy atom. The maximum absolute atomic E-state index is 15.3. The van der Waals surface area contributed by atoms with Gasteiger partial charge in [-0.2, -0.15) is 0 Å². The molecule has 3 heterocycles. The number of rotatable bonds is 3. The van der Waals surface area contributed by atoms with Crippen molar-refractivity contribution in [3.63, 3.8) is 0 Å². The van der Waals surface area contributed by atoms with Crippen LogP contribution in [0, 0.1) is 5.41 Å². The van der Waals surface area contributed by atoms with Crippen LogP contribution in [0.1, 0.15) is 27.0 Å². The topological polar surface area (TPSA) is 126 Å². The van der Waals surface area contributed by atoms with Crippen molar-refractivity contribution < 1.29 is 32.9 Å². The normalized spacial score (nSPS) is 30.5. The number of nitrogens with zero attached hydrogens (tertiary/aromatic N) is 1. The first-order valence-electron chi connectivity index (χ1n) is 7.74. The standard InChI is InChI=1S/C15H17FN2O8/c1-14(2,3)11(20)23-6-15(16)9-8(24-13(22)25-9)10(26-15)18-5-4-7(19)17-12(18)21/h4-5,8-10H,6H2,1-3H3,(H,17,19,21)/t8-,9+,10-,15-/m1/s1. The summed E-state index contributed by atoms with van der Waals surface area (Å²) < 4.78 is 36.0. The fourth-order valence-electron chi connectivity index (χ4n) is 2.59. The highest BCUT2D eigenvalue weighted by Crippen LogP contribution is 2.44. The quantitative estimate of drug-likeness (QED) is 0.747. The third-order valence-electron chi connectivity index (χ3n) is 3.91. The summed E-state index contributed by atoms with van der Waals surface area (Å²) in [6, 6.07) is 1.02. The molecule has 0 saturated carbocycles. The Balaban J connectivity index is 1.88. The lowest BCUT2D eigenvalue weighted by Crippen LogP contribution is -2.43. The Labute approximate surface area is 145 Å². The summed E-state index contributed by atoms with van der Waals surface area (Å²) in [4.78, 5) is 48.4. The number of nitrogens with one attached hydrogen (secondary N) is 1. The zero-order valence-electron chi connectivity index (χ0n) is 14.2. The molecule has 0 bridgehead atoms. The SMILES string of the molecule is CC(C)(C)C(=O)OC[C@@]1(F)O[C@@H](n2ccc(=O)[nH]c2=O)[C@@H]2OC(=O)O[C@@H]21. The van der Waals surface area contributed by atoms with Gasteiger partial charge in [0.1, 0.15) is 0 Å². The van der Waals surface area contributed by atoms with Crippen LogP contribution in [-0.2, 0) is 23.7 Å². The van der Waals surface area contributed by atoms with Gasteiger partial charge in [-0.05, 0) is 20.8 Å². The molecule has 0 radical (unpaired) electrons. The Morgan fingerprint density at radius 3 is 2.65 bits per heavy atom. The Morgan fingerprint density at radius 2 is 2.04 bits per heavy atom. The summed E-state index contributed by atoms with van der Waals surface area (Å²) >= 11 is 0. The van der Waals surface area contributed by atoms with Gasteiger partial charge in [0.2, 0.25) is 6.10 Å². The van der Waals surface area contributed by atoms with E-state index in [1.165, 1.54) is 0 Å². The molecule has 3 rings (SSSR count). The van der Waals surface area contributed by atoms with E-state index in [9.17, 15) is 19.2 Å². The summed E-state index contributed by atoms with van der Waals surface area (Å²) in [7, 11) is 0. The Hall–Kier alpha value is -2.69. The van der Waals surface area contributed by atoms with E-state index in [4.69, 9.17) is 18.9 Å². The van der Waals surface area contributed by atoms with E-state index in [2.05, 4.69) is 0 Å². The zero-order chi connectivity index (χ0) is 19.3. The van der Waals surface area contributed by atoms with Crippen molar-refractivity contribution in [1.29, 1.82) is 0 Å². The Bertz CT molecular complexity index is 856. The van der Waals surface area contributed by atoms with Gasteiger partial charge in [-0.3, -0.25) is 19.1 Å². The molecule has 2 aliphatic heterocycles. The minimum absolute atomic E-state index is 0.661. The number of hydrogen-bond acceptors (Lipinski definition) is 8. The molecule has 2 aliphatic rings. The first-order chi connectivity index (χ1) is 12.0. The van der Waals surface area contributed by atoms with Gasteiger partial charge in [0, 0.05) is 12.3 Å². The highest BCUT2D eigenvalue weighted by molar-refractivity contribution is 5.75. The van der Waals surface area contributed by atoms with Crippen LogP contribution in [0.4, 0.5) is 9.18 Å². The molecule has 1 aromatic rings. The molecule has 0 unspecified atom stereocenters. The van der Waals surface area contributed by atoms with E-state index < -0.39 is 59.7 Å². The molecule has 10 nitrogen and oxygen atoms in total. The molecule has 26 heavy (non-hydrogen) atoms. The number of ether oxygens (including phenoxy) is 4. The summed E-state index contributed by atoms with van der Waals surface area (Å²) in [6.07, 6.45) is -4.33. The lowest BCUT2D eigenvalue weighted by atomic mass is 9.97. The molecule has 2 fully saturated rings. The highest BCUT2D eigenvalue weighted by atomic mass is 19.2. The van der Waals surface area contributed by atoms with Crippen molar-refractivity contribution in [2.45, 2.75) is 45.1 Å². The minimum atomic E-state index is -2.72. The first-order valence-corrected chi connectivity index (χ1v) is 7.74. The second-order valence-corrected chi connectivity index (χ2v) is 7.01. The fourth-order valence-corrected chi connectivity index (χ4v) is 2.59. The Kier molecular flexibility index (Phi) is 4.14. The molecular formula is C15H17FN2O8. The first kappa shape index (κ1) is 18.1. The van der Waals surface area contributed by atoms with E-state index in [0.717, 1.165) is 16.8 Å². The molecular weight excluding hydrogens is 355 g/mol. The van der Waals surface area contributed by atoms with Crippen molar-refractivity contribution >= 4 is 12.1 Å². The van der Waals surface area contributed by atoms with Crippen LogP contribution < -0.4 is 11.2 Å². The van der Waals surface area contributed by atoms with E-state index in [1.807, 2.05) is 4.98 Å². The number of esters is 1. The smallest absolute Gasteiger partial charge is 0.459 e. The van der Waals surface area contributed by atoms with Gasteiger partial charge >= 0.3 is 17.8 Å². The van der Waals surface area contributed by atoms with Gasteiger partial charge in [0.05, 0.1) is 5.41 Å². The molecule has 0 amide bonds. The molecule has 142 valence electrons. The fraction of sp³-hybridized carbons (Fsp3) is 0.600. The van der Waals surface area contributed by atoms with Crippen LogP contribution in [0.2, 0.25) is 0 Å². The number of aromatic amines is 1. The van der Waals surface area contributed by atoms with Crippen molar-refractivity contribution in [1.82, 2.24) is 9.55 Å². The van der Waals surface area contributed by atoms with E-state index in [-0.39, 0.29) is 0 Å². The van der Waals surface area contributed by atoms with Crippen molar-refractivity contribution in [3.8, 4) is 0 Å². The predicted molar refractivity (Wildman–Crippen MR) is 80.8 cm³/mol. The average Bonchev–Trinajstić information content (AvgIpc) is 3.02. The predicted octanol–water partition coefficient (Wildman–Crippen LogP) is 0.224. The number of hydrogen-bond donors (Lipinski definition) is 1. The van der Waals surface area contributed by atoms with Gasteiger partial charge in [-0.1, -0.05) is 0 Å². The lowest BCUT2D eigenvalue weighted by Gasteiger charge is -2.25. The van der Waals surface area contributed by atoms with Crippen molar-refractivity contribution in [3.05, 3.63) is 33.1 Å². The van der Waals surface area contributed by atoms with E-state index in [1.54, 1.807) is 20.8 Å². The van der Waals surface area contributed by atoms with Gasteiger partial charge < -0.3 is 18.9 Å². The van der Waals surface area contributed by atoms with Crippen LogP contribution in [0.25, 0.3) is 0 Å². The number of carbonyl (C=O) groups excluding carboxylic acids is 2. The summed E-state index contributed by atoms with van der Waals surface area (Å²) in [5.74, 6) is -3.41. The summed E-state index contributed by atoms with van der Waals surface area (Å²) in [6.45, 7) is 3.88. The number of halogens is 1. The van der Waals surface area contributed by atoms with Crippen LogP contribution in [0.15, 0.2) is 21.9 Å². The van der Waals surface area contributed by atoms with E-state index >= 15 is 4.39 Å². The molecule has 1 aromatic heterocycles. The maximum Gasteiger partial charge on any atom is 0.509 e. The second kappa shape index (κ2) is 5.94. The lowest BCUT2D eigenvalue weighted by molar-refractivity contribution is -0.222. The third kappa shape index (κ3) is 3.09. The molecule has 2 saturated heterocycles. The monoisotopic (exact) mass is 372 g/mol.